The van der Waals surface area contributed by atoms with Gasteiger partial charge in [0.2, 0.25) is 0 Å². The van der Waals surface area contributed by atoms with Gasteiger partial charge >= 0.3 is 6.18 Å². The zero-order chi connectivity index (χ0) is 16.0. The molecule has 3 nitrogen and oxygen atoms in total. The zero-order valence-electron chi connectivity index (χ0n) is 12.2. The number of aliphatic hydroxyl groups is 1. The fourth-order valence-corrected chi connectivity index (χ4v) is 1.96. The Balaban J connectivity index is 2.72. The van der Waals surface area contributed by atoms with E-state index in [1.54, 1.807) is 24.3 Å². The Morgan fingerprint density at radius 1 is 1.24 bits per heavy atom. The van der Waals surface area contributed by atoms with Gasteiger partial charge in [-0.2, -0.15) is 13.2 Å². The molecule has 1 aromatic carbocycles. The van der Waals surface area contributed by atoms with Gasteiger partial charge in [-0.1, -0.05) is 38.1 Å². The van der Waals surface area contributed by atoms with Gasteiger partial charge in [-0.15, -0.1) is 0 Å². The summed E-state index contributed by atoms with van der Waals surface area (Å²) in [4.78, 5) is 12.9. The van der Waals surface area contributed by atoms with Gasteiger partial charge < -0.3 is 5.11 Å². The Morgan fingerprint density at radius 3 is 2.24 bits per heavy atom. The first-order chi connectivity index (χ1) is 9.73. The molecule has 0 bridgehead atoms. The number of halogens is 3. The molecule has 118 valence electrons. The van der Waals surface area contributed by atoms with E-state index in [-0.39, 0.29) is 18.9 Å². The minimum atomic E-state index is -4.39. The summed E-state index contributed by atoms with van der Waals surface area (Å²) in [5.74, 6) is -0.0618. The molecule has 6 heteroatoms. The number of ketones is 1. The third kappa shape index (κ3) is 6.27. The van der Waals surface area contributed by atoms with Crippen LogP contribution in [0.1, 0.15) is 35.7 Å². The maximum absolute atomic E-state index is 12.4. The number of hydrogen-bond donors (Lipinski definition) is 1. The molecule has 0 atom stereocenters. The number of hydrogen-bond acceptors (Lipinski definition) is 3. The number of alkyl halides is 3. The van der Waals surface area contributed by atoms with Crippen molar-refractivity contribution >= 4 is 5.78 Å². The van der Waals surface area contributed by atoms with Crippen LogP contribution in [0, 0.1) is 0 Å². The molecule has 1 N–H and O–H groups in total. The highest BCUT2D eigenvalue weighted by Gasteiger charge is 2.31. The summed E-state index contributed by atoms with van der Waals surface area (Å²) in [7, 11) is 0. The van der Waals surface area contributed by atoms with Gasteiger partial charge in [0.05, 0.1) is 19.7 Å². The first-order valence-corrected chi connectivity index (χ1v) is 6.76. The van der Waals surface area contributed by atoms with Gasteiger partial charge in [0, 0.05) is 12.1 Å². The molecule has 0 aliphatic rings. The van der Waals surface area contributed by atoms with Gasteiger partial charge in [0.15, 0.2) is 5.78 Å². The lowest BCUT2D eigenvalue weighted by Gasteiger charge is -2.21. The third-order valence-electron chi connectivity index (χ3n) is 3.09. The van der Waals surface area contributed by atoms with E-state index in [2.05, 4.69) is 0 Å². The number of aliphatic hydroxyl groups excluding tert-OH is 1. The molecule has 0 saturated carbocycles. The molecular formula is C15H20F3NO2. The van der Waals surface area contributed by atoms with Crippen molar-refractivity contribution < 1.29 is 23.1 Å². The van der Waals surface area contributed by atoms with Gasteiger partial charge in [-0.25, -0.2) is 0 Å². The van der Waals surface area contributed by atoms with Gasteiger partial charge in [0.1, 0.15) is 0 Å². The highest BCUT2D eigenvalue weighted by molar-refractivity contribution is 5.97. The van der Waals surface area contributed by atoms with E-state index in [1.807, 2.05) is 13.8 Å². The predicted molar refractivity (Wildman–Crippen MR) is 74.4 cm³/mol. The van der Waals surface area contributed by atoms with Crippen LogP contribution >= 0.6 is 0 Å². The standard InChI is InChI=1S/C15H20F3NO2/c1-11(2)12-3-5-13(6-4-12)14(21)9-19(7-8-20)10-15(16,17)18/h3-6,11,20H,7-10H2,1-2H3. The molecule has 0 radical (unpaired) electrons. The molecule has 1 aromatic rings. The molecular weight excluding hydrogens is 283 g/mol. The number of carbonyl (C=O) groups excluding carboxylic acids is 1. The molecule has 0 fully saturated rings. The minimum Gasteiger partial charge on any atom is -0.395 e. The number of nitrogens with zero attached hydrogens (tertiary/aromatic N) is 1. The summed E-state index contributed by atoms with van der Waals surface area (Å²) in [6, 6.07) is 6.86. The topological polar surface area (TPSA) is 40.5 Å². The summed E-state index contributed by atoms with van der Waals surface area (Å²) in [5, 5.41) is 8.79. The summed E-state index contributed by atoms with van der Waals surface area (Å²) in [5.41, 5.74) is 1.44. The predicted octanol–water partition coefficient (Wildman–Crippen LogP) is 2.85. The van der Waals surface area contributed by atoms with Crippen LogP contribution in [0.5, 0.6) is 0 Å². The second kappa shape index (κ2) is 7.56. The van der Waals surface area contributed by atoms with Crippen molar-refractivity contribution in [3.63, 3.8) is 0 Å². The normalized spacial score (nSPS) is 12.2. The maximum Gasteiger partial charge on any atom is 0.401 e. The van der Waals surface area contributed by atoms with Crippen molar-refractivity contribution in [3.8, 4) is 0 Å². The van der Waals surface area contributed by atoms with Crippen LogP contribution in [0.25, 0.3) is 0 Å². The van der Waals surface area contributed by atoms with E-state index in [4.69, 9.17) is 5.11 Å². The SMILES string of the molecule is CC(C)c1ccc(C(=O)CN(CCO)CC(F)(F)F)cc1. The van der Waals surface area contributed by atoms with Gasteiger partial charge in [-0.05, 0) is 11.5 Å². The smallest absolute Gasteiger partial charge is 0.395 e. The van der Waals surface area contributed by atoms with Crippen molar-refractivity contribution in [2.75, 3.05) is 26.2 Å². The van der Waals surface area contributed by atoms with E-state index in [0.717, 1.165) is 10.5 Å². The van der Waals surface area contributed by atoms with Crippen LogP contribution < -0.4 is 0 Å². The van der Waals surface area contributed by atoms with Gasteiger partial charge in [0.25, 0.3) is 0 Å². The highest BCUT2D eigenvalue weighted by Crippen LogP contribution is 2.18. The van der Waals surface area contributed by atoms with Crippen LogP contribution in [0.2, 0.25) is 0 Å². The minimum absolute atomic E-state index is 0.185. The highest BCUT2D eigenvalue weighted by atomic mass is 19.4. The fraction of sp³-hybridized carbons (Fsp3) is 0.533. The van der Waals surface area contributed by atoms with Gasteiger partial charge in [-0.3, -0.25) is 9.69 Å². The van der Waals surface area contributed by atoms with Crippen LogP contribution in [0.4, 0.5) is 13.2 Å². The summed E-state index contributed by atoms with van der Waals surface area (Å²) in [6.45, 7) is 1.86. The van der Waals surface area contributed by atoms with Crippen LogP contribution in [0.15, 0.2) is 24.3 Å². The molecule has 0 heterocycles. The van der Waals surface area contributed by atoms with Crippen molar-refractivity contribution in [1.82, 2.24) is 4.90 Å². The quantitative estimate of drug-likeness (QED) is 0.787. The second-order valence-electron chi connectivity index (χ2n) is 5.25. The van der Waals surface area contributed by atoms with E-state index in [0.29, 0.717) is 11.5 Å². The Hall–Kier alpha value is -1.40. The summed E-state index contributed by atoms with van der Waals surface area (Å²) < 4.78 is 37.2. The van der Waals surface area contributed by atoms with Crippen molar-refractivity contribution in [2.24, 2.45) is 0 Å². The first-order valence-electron chi connectivity index (χ1n) is 6.76. The average Bonchev–Trinajstić information content (AvgIpc) is 2.37. The van der Waals surface area contributed by atoms with Crippen molar-refractivity contribution in [2.45, 2.75) is 25.9 Å². The average molecular weight is 303 g/mol. The molecule has 0 unspecified atom stereocenters. The van der Waals surface area contributed by atoms with Crippen molar-refractivity contribution in [1.29, 1.82) is 0 Å². The fourth-order valence-electron chi connectivity index (χ4n) is 1.96. The Kier molecular flexibility index (Phi) is 6.36. The van der Waals surface area contributed by atoms with Crippen LogP contribution in [0.3, 0.4) is 0 Å². The first kappa shape index (κ1) is 17.7. The zero-order valence-corrected chi connectivity index (χ0v) is 12.2. The molecule has 1 rings (SSSR count). The van der Waals surface area contributed by atoms with Crippen LogP contribution in [-0.2, 0) is 0 Å². The lowest BCUT2D eigenvalue weighted by atomic mass is 10.0. The van der Waals surface area contributed by atoms with Crippen molar-refractivity contribution in [3.05, 3.63) is 35.4 Å². The number of carbonyl (C=O) groups is 1. The Bertz CT molecular complexity index is 455. The Labute approximate surface area is 122 Å². The molecule has 0 spiro atoms. The van der Waals surface area contributed by atoms with E-state index >= 15 is 0 Å². The monoisotopic (exact) mass is 303 g/mol. The van der Waals surface area contributed by atoms with E-state index in [1.165, 1.54) is 0 Å². The Morgan fingerprint density at radius 2 is 1.81 bits per heavy atom. The maximum atomic E-state index is 12.4. The number of rotatable bonds is 7. The molecule has 0 aliphatic carbocycles. The molecule has 0 aromatic heterocycles. The molecule has 0 aliphatic heterocycles. The lowest BCUT2D eigenvalue weighted by Crippen LogP contribution is -2.39. The molecule has 21 heavy (non-hydrogen) atoms. The summed E-state index contributed by atoms with van der Waals surface area (Å²) >= 11 is 0. The van der Waals surface area contributed by atoms with E-state index < -0.39 is 19.3 Å². The molecule has 0 saturated heterocycles. The van der Waals surface area contributed by atoms with Crippen LogP contribution in [-0.4, -0.2) is 48.2 Å². The lowest BCUT2D eigenvalue weighted by molar-refractivity contribution is -0.145. The van der Waals surface area contributed by atoms with E-state index in [9.17, 15) is 18.0 Å². The number of benzene rings is 1. The largest absolute Gasteiger partial charge is 0.401 e. The third-order valence-corrected chi connectivity index (χ3v) is 3.09. The molecule has 0 amide bonds. The second-order valence-corrected chi connectivity index (χ2v) is 5.25. The summed E-state index contributed by atoms with van der Waals surface area (Å²) in [6.07, 6.45) is -4.39. The number of Topliss-reactive ketones (excluding diaryl/α,β-unsaturated/α-hetero) is 1.